The average Bonchev–Trinajstić information content (AvgIpc) is 2.78. The molecule has 1 aromatic heterocycles. The molecule has 1 aromatic carbocycles. The van der Waals surface area contributed by atoms with Gasteiger partial charge in [0.05, 0.1) is 5.56 Å². The first-order valence-electron chi connectivity index (χ1n) is 5.45. The van der Waals surface area contributed by atoms with E-state index in [-0.39, 0.29) is 0 Å². The van der Waals surface area contributed by atoms with Gasteiger partial charge in [-0.2, -0.15) is 4.98 Å². The molecular formula is C12H14IN3O. The third-order valence-electron chi connectivity index (χ3n) is 2.55. The third-order valence-corrected chi connectivity index (χ3v) is 3.49. The Morgan fingerprint density at radius 3 is 2.88 bits per heavy atom. The summed E-state index contributed by atoms with van der Waals surface area (Å²) in [5, 5.41) is 7.14. The first-order chi connectivity index (χ1) is 8.20. The van der Waals surface area contributed by atoms with Gasteiger partial charge in [-0.1, -0.05) is 17.3 Å². The highest BCUT2D eigenvalue weighted by Gasteiger charge is 2.12. The summed E-state index contributed by atoms with van der Waals surface area (Å²) >= 11 is 2.27. The first kappa shape index (κ1) is 12.5. The lowest BCUT2D eigenvalue weighted by Crippen LogP contribution is -2.24. The number of rotatable bonds is 4. The van der Waals surface area contributed by atoms with Crippen LogP contribution >= 0.6 is 22.6 Å². The maximum Gasteiger partial charge on any atom is 0.258 e. The Morgan fingerprint density at radius 1 is 1.41 bits per heavy atom. The largest absolute Gasteiger partial charge is 0.334 e. The highest BCUT2D eigenvalue weighted by molar-refractivity contribution is 14.1. The minimum Gasteiger partial charge on any atom is -0.334 e. The van der Waals surface area contributed by atoms with Crippen LogP contribution in [-0.4, -0.2) is 23.2 Å². The summed E-state index contributed by atoms with van der Waals surface area (Å²) in [7, 11) is 1.92. The van der Waals surface area contributed by atoms with Gasteiger partial charge in [-0.25, -0.2) is 0 Å². The van der Waals surface area contributed by atoms with Gasteiger partial charge < -0.3 is 9.84 Å². The zero-order chi connectivity index (χ0) is 12.3. The zero-order valence-electron chi connectivity index (χ0n) is 9.77. The summed E-state index contributed by atoms with van der Waals surface area (Å²) in [6.45, 7) is 2.09. The second-order valence-corrected chi connectivity index (χ2v) is 5.05. The monoisotopic (exact) mass is 343 g/mol. The van der Waals surface area contributed by atoms with Crippen molar-refractivity contribution in [1.29, 1.82) is 0 Å². The van der Waals surface area contributed by atoms with E-state index in [9.17, 15) is 0 Å². The van der Waals surface area contributed by atoms with Crippen molar-refractivity contribution in [3.05, 3.63) is 33.7 Å². The van der Waals surface area contributed by atoms with Crippen molar-refractivity contribution in [2.24, 2.45) is 0 Å². The van der Waals surface area contributed by atoms with Gasteiger partial charge in [0.25, 0.3) is 5.89 Å². The Labute approximate surface area is 114 Å². The molecule has 1 atom stereocenters. The number of halogens is 1. The summed E-state index contributed by atoms with van der Waals surface area (Å²) in [5.41, 5.74) is 0.990. The van der Waals surface area contributed by atoms with Crippen LogP contribution in [0.5, 0.6) is 0 Å². The van der Waals surface area contributed by atoms with Gasteiger partial charge in [0, 0.05) is 16.0 Å². The zero-order valence-corrected chi connectivity index (χ0v) is 11.9. The number of nitrogens with zero attached hydrogens (tertiary/aromatic N) is 2. The SMILES string of the molecule is CNC(C)Cc1noc(-c2ccccc2I)n1. The lowest BCUT2D eigenvalue weighted by atomic mass is 10.2. The Balaban J connectivity index is 2.21. The van der Waals surface area contributed by atoms with E-state index in [1.54, 1.807) is 0 Å². The minimum atomic E-state index is 0.343. The van der Waals surface area contributed by atoms with Crippen molar-refractivity contribution < 1.29 is 4.52 Å². The molecule has 2 aromatic rings. The van der Waals surface area contributed by atoms with Gasteiger partial charge in [-0.3, -0.25) is 0 Å². The molecule has 0 aliphatic heterocycles. The van der Waals surface area contributed by atoms with E-state index < -0.39 is 0 Å². The van der Waals surface area contributed by atoms with E-state index in [1.165, 1.54) is 0 Å². The van der Waals surface area contributed by atoms with Gasteiger partial charge in [0.15, 0.2) is 5.82 Å². The van der Waals surface area contributed by atoms with E-state index in [0.717, 1.165) is 21.4 Å². The molecule has 0 saturated heterocycles. The highest BCUT2D eigenvalue weighted by atomic mass is 127. The fraction of sp³-hybridized carbons (Fsp3) is 0.333. The number of nitrogens with one attached hydrogen (secondary N) is 1. The molecule has 0 amide bonds. The number of hydrogen-bond donors (Lipinski definition) is 1. The molecule has 90 valence electrons. The summed E-state index contributed by atoms with van der Waals surface area (Å²) in [4.78, 5) is 4.41. The van der Waals surface area contributed by atoms with Crippen molar-refractivity contribution in [2.45, 2.75) is 19.4 Å². The van der Waals surface area contributed by atoms with Crippen LogP contribution in [0.15, 0.2) is 28.8 Å². The predicted molar refractivity (Wildman–Crippen MR) is 74.7 cm³/mol. The van der Waals surface area contributed by atoms with Gasteiger partial charge in [-0.05, 0) is 48.7 Å². The van der Waals surface area contributed by atoms with Crippen LogP contribution in [0, 0.1) is 3.57 Å². The van der Waals surface area contributed by atoms with Crippen LogP contribution < -0.4 is 5.32 Å². The summed E-state index contributed by atoms with van der Waals surface area (Å²) in [5.74, 6) is 1.33. The average molecular weight is 343 g/mol. The maximum atomic E-state index is 5.28. The van der Waals surface area contributed by atoms with Crippen LogP contribution in [-0.2, 0) is 6.42 Å². The number of benzene rings is 1. The molecule has 0 spiro atoms. The molecular weight excluding hydrogens is 329 g/mol. The van der Waals surface area contributed by atoms with Gasteiger partial charge >= 0.3 is 0 Å². The van der Waals surface area contributed by atoms with E-state index in [2.05, 4.69) is 45.0 Å². The third kappa shape index (κ3) is 3.04. The highest BCUT2D eigenvalue weighted by Crippen LogP contribution is 2.23. The summed E-state index contributed by atoms with van der Waals surface area (Å²) < 4.78 is 6.40. The van der Waals surface area contributed by atoms with Crippen LogP contribution in [0.1, 0.15) is 12.7 Å². The Morgan fingerprint density at radius 2 is 2.18 bits per heavy atom. The molecule has 2 rings (SSSR count). The quantitative estimate of drug-likeness (QED) is 0.867. The molecule has 1 N–H and O–H groups in total. The van der Waals surface area contributed by atoms with Crippen LogP contribution in [0.2, 0.25) is 0 Å². The number of hydrogen-bond acceptors (Lipinski definition) is 4. The standard InChI is InChI=1S/C12H14IN3O/c1-8(14-2)7-11-15-12(17-16-11)9-5-3-4-6-10(9)13/h3-6,8,14H,7H2,1-2H3. The van der Waals surface area contributed by atoms with Crippen LogP contribution in [0.3, 0.4) is 0 Å². The molecule has 4 nitrogen and oxygen atoms in total. The molecule has 0 aliphatic carbocycles. The second kappa shape index (κ2) is 5.59. The van der Waals surface area contributed by atoms with E-state index in [4.69, 9.17) is 4.52 Å². The molecule has 0 radical (unpaired) electrons. The molecule has 17 heavy (non-hydrogen) atoms. The molecule has 0 saturated carbocycles. The van der Waals surface area contributed by atoms with Crippen molar-refractivity contribution in [3.63, 3.8) is 0 Å². The first-order valence-corrected chi connectivity index (χ1v) is 6.53. The number of aromatic nitrogens is 2. The second-order valence-electron chi connectivity index (χ2n) is 3.89. The van der Waals surface area contributed by atoms with E-state index in [1.807, 2.05) is 31.3 Å². The topological polar surface area (TPSA) is 51.0 Å². The van der Waals surface area contributed by atoms with Crippen molar-refractivity contribution in [3.8, 4) is 11.5 Å². The summed E-state index contributed by atoms with van der Waals surface area (Å²) in [6, 6.07) is 8.31. The van der Waals surface area contributed by atoms with Crippen LogP contribution in [0.4, 0.5) is 0 Å². The molecule has 0 bridgehead atoms. The van der Waals surface area contributed by atoms with E-state index >= 15 is 0 Å². The molecule has 0 aliphatic rings. The van der Waals surface area contributed by atoms with Crippen molar-refractivity contribution in [2.75, 3.05) is 7.05 Å². The van der Waals surface area contributed by atoms with Crippen molar-refractivity contribution >= 4 is 22.6 Å². The Bertz CT molecular complexity index is 498. The fourth-order valence-electron chi connectivity index (χ4n) is 1.46. The van der Waals surface area contributed by atoms with Gasteiger partial charge in [0.1, 0.15) is 0 Å². The van der Waals surface area contributed by atoms with Gasteiger partial charge in [0.2, 0.25) is 0 Å². The molecule has 1 unspecified atom stereocenters. The van der Waals surface area contributed by atoms with Crippen LogP contribution in [0.25, 0.3) is 11.5 Å². The van der Waals surface area contributed by atoms with Crippen molar-refractivity contribution in [1.82, 2.24) is 15.5 Å². The lowest BCUT2D eigenvalue weighted by molar-refractivity contribution is 0.418. The fourth-order valence-corrected chi connectivity index (χ4v) is 2.07. The lowest BCUT2D eigenvalue weighted by Gasteiger charge is -2.04. The van der Waals surface area contributed by atoms with Gasteiger partial charge in [-0.15, -0.1) is 0 Å². The van der Waals surface area contributed by atoms with E-state index in [0.29, 0.717) is 11.9 Å². The molecule has 5 heteroatoms. The predicted octanol–water partition coefficient (Wildman–Crippen LogP) is 2.49. The molecule has 1 heterocycles. The maximum absolute atomic E-state index is 5.28. The Hall–Kier alpha value is -0.950. The Kier molecular flexibility index (Phi) is 4.11. The minimum absolute atomic E-state index is 0.343. The molecule has 0 fully saturated rings. The summed E-state index contributed by atoms with van der Waals surface area (Å²) in [6.07, 6.45) is 0.767. The smallest absolute Gasteiger partial charge is 0.258 e. The number of likely N-dealkylation sites (N-methyl/N-ethyl adjacent to an activating group) is 1. The normalized spacial score (nSPS) is 12.6.